The predicted molar refractivity (Wildman–Crippen MR) is 50.1 cm³/mol. The van der Waals surface area contributed by atoms with Gasteiger partial charge in [0.05, 0.1) is 0 Å². The maximum absolute atomic E-state index is 5.02. The maximum atomic E-state index is 5.02. The van der Waals surface area contributed by atoms with Crippen molar-refractivity contribution in [2.45, 2.75) is 33.6 Å². The van der Waals surface area contributed by atoms with E-state index in [1.165, 1.54) is 6.42 Å². The zero-order chi connectivity index (χ0) is 8.24. The maximum Gasteiger partial charge on any atom is 0.0211 e. The summed E-state index contributed by atoms with van der Waals surface area (Å²) in [6.45, 7) is 8.19. The van der Waals surface area contributed by atoms with Crippen molar-refractivity contribution >= 4 is 0 Å². The molecular formula is C9H21N. The lowest BCUT2D eigenvalue weighted by molar-refractivity contribution is 0.683. The van der Waals surface area contributed by atoms with Crippen LogP contribution in [0, 0.1) is 12.3 Å². The molecule has 0 bridgehead atoms. The fraction of sp³-hybridized carbons (Fsp3) is 0.778. The molecule has 0 amide bonds. The highest BCUT2D eigenvalue weighted by Crippen LogP contribution is 1.72. The van der Waals surface area contributed by atoms with Crippen molar-refractivity contribution in [1.29, 1.82) is 0 Å². The Hall–Kier alpha value is -0.480. The van der Waals surface area contributed by atoms with E-state index in [1.54, 1.807) is 0 Å². The van der Waals surface area contributed by atoms with Crippen LogP contribution in [0.2, 0.25) is 0 Å². The monoisotopic (exact) mass is 143 g/mol. The summed E-state index contributed by atoms with van der Waals surface area (Å²) in [6.07, 6.45) is 7.05. The average molecular weight is 143 g/mol. The topological polar surface area (TPSA) is 12.0 Å². The molecule has 10 heavy (non-hydrogen) atoms. The van der Waals surface area contributed by atoms with Crippen LogP contribution in [0.1, 0.15) is 35.0 Å². The van der Waals surface area contributed by atoms with Gasteiger partial charge in [0, 0.05) is 14.4 Å². The molecule has 0 radical (unpaired) electrons. The van der Waals surface area contributed by atoms with Crippen LogP contribution in [0.3, 0.4) is 0 Å². The van der Waals surface area contributed by atoms with Gasteiger partial charge in [0.25, 0.3) is 0 Å². The number of nitrogens with one attached hydrogen (secondary N) is 1. The van der Waals surface area contributed by atoms with Gasteiger partial charge in [-0.1, -0.05) is 20.8 Å². The van der Waals surface area contributed by atoms with Gasteiger partial charge in [-0.3, -0.25) is 0 Å². The molecule has 1 nitrogen and oxygen atoms in total. The van der Waals surface area contributed by atoms with Gasteiger partial charge in [-0.2, -0.15) is 0 Å². The fourth-order valence-corrected chi connectivity index (χ4v) is 0.462. The van der Waals surface area contributed by atoms with Crippen molar-refractivity contribution in [2.75, 3.05) is 13.1 Å². The van der Waals surface area contributed by atoms with Crippen molar-refractivity contribution in [3.05, 3.63) is 0 Å². The summed E-state index contributed by atoms with van der Waals surface area (Å²) in [5.74, 6) is 2.56. The van der Waals surface area contributed by atoms with Crippen LogP contribution in [0.25, 0.3) is 0 Å². The molecule has 1 N–H and O–H groups in total. The van der Waals surface area contributed by atoms with Crippen molar-refractivity contribution in [1.82, 2.24) is 5.32 Å². The predicted octanol–water partition coefficient (Wildman–Crippen LogP) is 2.28. The first kappa shape index (κ1) is 12.2. The van der Waals surface area contributed by atoms with Gasteiger partial charge in [0.15, 0.2) is 0 Å². The number of hydrogen-bond acceptors (Lipinski definition) is 1. The molecule has 0 spiro atoms. The first-order chi connectivity index (χ1) is 4.91. The van der Waals surface area contributed by atoms with E-state index < -0.39 is 0 Å². The highest BCUT2D eigenvalue weighted by molar-refractivity contribution is 4.83. The highest BCUT2D eigenvalue weighted by atomic mass is 14.8. The molecule has 0 atom stereocenters. The molecule has 0 saturated carbocycles. The van der Waals surface area contributed by atoms with Crippen LogP contribution in [0.15, 0.2) is 0 Å². The van der Waals surface area contributed by atoms with E-state index in [2.05, 4.69) is 18.2 Å². The second kappa shape index (κ2) is 15.8. The molecular weight excluding hydrogens is 122 g/mol. The van der Waals surface area contributed by atoms with E-state index in [4.69, 9.17) is 6.42 Å². The summed E-state index contributed by atoms with van der Waals surface area (Å²) in [5.41, 5.74) is 0. The lowest BCUT2D eigenvalue weighted by atomic mass is 10.4. The van der Waals surface area contributed by atoms with E-state index in [0.717, 1.165) is 19.5 Å². The van der Waals surface area contributed by atoms with Crippen molar-refractivity contribution in [3.8, 4) is 12.3 Å². The second-order valence-electron chi connectivity index (χ2n) is 1.70. The summed E-state index contributed by atoms with van der Waals surface area (Å²) in [6, 6.07) is 0. The summed E-state index contributed by atoms with van der Waals surface area (Å²) in [4.78, 5) is 0. The zero-order valence-electron chi connectivity index (χ0n) is 7.41. The molecule has 0 aliphatic heterocycles. The Morgan fingerprint density at radius 2 is 2.00 bits per heavy atom. The van der Waals surface area contributed by atoms with Crippen molar-refractivity contribution < 1.29 is 1.43 Å². The standard InChI is InChI=1S/C7H13N.C2H6.H2/c1-3-5-7-8-6-4-2;1-2;/h1,8H,4-7H2,2H3;1-2H3;1H. The molecule has 0 fully saturated rings. The largest absolute Gasteiger partial charge is 0.316 e. The Kier molecular flexibility index (Phi) is 19.3. The summed E-state index contributed by atoms with van der Waals surface area (Å²) in [7, 11) is 0. The van der Waals surface area contributed by atoms with E-state index in [9.17, 15) is 0 Å². The quantitative estimate of drug-likeness (QED) is 0.470. The lowest BCUT2D eigenvalue weighted by Crippen LogP contribution is -2.14. The van der Waals surface area contributed by atoms with E-state index >= 15 is 0 Å². The fourth-order valence-electron chi connectivity index (χ4n) is 0.462. The van der Waals surface area contributed by atoms with Gasteiger partial charge in [0.2, 0.25) is 0 Å². The molecule has 0 aliphatic rings. The summed E-state index contributed by atoms with van der Waals surface area (Å²) >= 11 is 0. The average Bonchev–Trinajstić information content (AvgIpc) is 2.02. The Morgan fingerprint density at radius 1 is 1.40 bits per heavy atom. The van der Waals surface area contributed by atoms with Crippen LogP contribution >= 0.6 is 0 Å². The molecule has 0 aromatic carbocycles. The Morgan fingerprint density at radius 3 is 2.40 bits per heavy atom. The van der Waals surface area contributed by atoms with Gasteiger partial charge in [-0.15, -0.1) is 12.3 Å². The Bertz CT molecular complexity index is 76.1. The minimum absolute atomic E-state index is 0. The number of hydrogen-bond donors (Lipinski definition) is 1. The first-order valence-electron chi connectivity index (χ1n) is 4.06. The molecule has 62 valence electrons. The van der Waals surface area contributed by atoms with Gasteiger partial charge < -0.3 is 5.32 Å². The molecule has 0 aromatic heterocycles. The molecule has 0 rings (SSSR count). The molecule has 1 heteroatoms. The van der Waals surface area contributed by atoms with Gasteiger partial charge >= 0.3 is 0 Å². The van der Waals surface area contributed by atoms with Crippen LogP contribution in [-0.4, -0.2) is 13.1 Å². The molecule has 0 aliphatic carbocycles. The van der Waals surface area contributed by atoms with Crippen molar-refractivity contribution in [2.24, 2.45) is 0 Å². The zero-order valence-corrected chi connectivity index (χ0v) is 7.41. The van der Waals surface area contributed by atoms with Gasteiger partial charge in [-0.25, -0.2) is 0 Å². The normalized spacial score (nSPS) is 7.40. The molecule has 0 aromatic rings. The van der Waals surface area contributed by atoms with Crippen LogP contribution in [-0.2, 0) is 0 Å². The summed E-state index contributed by atoms with van der Waals surface area (Å²) in [5, 5.41) is 3.19. The van der Waals surface area contributed by atoms with E-state index in [-0.39, 0.29) is 1.43 Å². The Balaban J connectivity index is -0.000000196. The minimum Gasteiger partial charge on any atom is -0.316 e. The Labute approximate surface area is 66.7 Å². The van der Waals surface area contributed by atoms with E-state index in [0.29, 0.717) is 0 Å². The molecule has 0 heterocycles. The minimum atomic E-state index is 0. The van der Waals surface area contributed by atoms with Crippen LogP contribution in [0.4, 0.5) is 0 Å². The first-order valence-corrected chi connectivity index (χ1v) is 4.06. The third kappa shape index (κ3) is 15.6. The van der Waals surface area contributed by atoms with E-state index in [1.807, 2.05) is 13.8 Å². The third-order valence-corrected chi connectivity index (χ3v) is 0.873. The molecule has 0 unspecified atom stereocenters. The smallest absolute Gasteiger partial charge is 0.0211 e. The summed E-state index contributed by atoms with van der Waals surface area (Å²) < 4.78 is 0. The number of terminal acetylenes is 1. The molecule has 0 saturated heterocycles. The highest BCUT2D eigenvalue weighted by Gasteiger charge is 1.78. The third-order valence-electron chi connectivity index (χ3n) is 0.873. The van der Waals surface area contributed by atoms with Crippen LogP contribution in [0.5, 0.6) is 0 Å². The van der Waals surface area contributed by atoms with Gasteiger partial charge in [-0.05, 0) is 13.0 Å². The lowest BCUT2D eigenvalue weighted by Gasteiger charge is -1.95. The second-order valence-corrected chi connectivity index (χ2v) is 1.70. The van der Waals surface area contributed by atoms with Crippen LogP contribution < -0.4 is 5.32 Å². The van der Waals surface area contributed by atoms with Crippen molar-refractivity contribution in [3.63, 3.8) is 0 Å². The SMILES string of the molecule is C#CCCNCCC.CC.[HH]. The van der Waals surface area contributed by atoms with Gasteiger partial charge in [0.1, 0.15) is 0 Å². The number of rotatable bonds is 4.